The number of carbonyl (C=O) groups is 1. The van der Waals surface area contributed by atoms with Crippen molar-refractivity contribution in [2.24, 2.45) is 0 Å². The molecule has 0 aliphatic carbocycles. The SMILES string of the molecule is COC(=O)c1cc(N)ccc1OC.Cl. The molecule has 0 aromatic heterocycles. The van der Waals surface area contributed by atoms with Crippen LogP contribution in [0.5, 0.6) is 5.75 Å². The van der Waals surface area contributed by atoms with Crippen LogP contribution in [0.4, 0.5) is 5.69 Å². The van der Waals surface area contributed by atoms with E-state index < -0.39 is 5.97 Å². The van der Waals surface area contributed by atoms with Crippen molar-refractivity contribution >= 4 is 24.1 Å². The molecular formula is C9H12ClNO3. The Hall–Kier alpha value is -1.42. The lowest BCUT2D eigenvalue weighted by Gasteiger charge is -2.06. The number of hydrogen-bond donors (Lipinski definition) is 1. The maximum atomic E-state index is 11.2. The molecule has 0 unspecified atom stereocenters. The lowest BCUT2D eigenvalue weighted by Crippen LogP contribution is -2.04. The second-order valence-electron chi connectivity index (χ2n) is 2.45. The first kappa shape index (κ1) is 12.6. The minimum atomic E-state index is -0.454. The number of esters is 1. The summed E-state index contributed by atoms with van der Waals surface area (Å²) in [6, 6.07) is 4.80. The van der Waals surface area contributed by atoms with Gasteiger partial charge in [-0.25, -0.2) is 4.79 Å². The number of nitrogen functional groups attached to an aromatic ring is 1. The van der Waals surface area contributed by atoms with E-state index in [1.54, 1.807) is 12.1 Å². The summed E-state index contributed by atoms with van der Waals surface area (Å²) in [5.74, 6) is 0.00481. The van der Waals surface area contributed by atoms with Gasteiger partial charge in [-0.05, 0) is 18.2 Å². The van der Waals surface area contributed by atoms with Gasteiger partial charge in [-0.3, -0.25) is 0 Å². The Bertz CT molecular complexity index is 328. The molecule has 4 nitrogen and oxygen atoms in total. The van der Waals surface area contributed by atoms with Crippen molar-refractivity contribution in [2.45, 2.75) is 0 Å². The summed E-state index contributed by atoms with van der Waals surface area (Å²) in [4.78, 5) is 11.2. The normalized spacial score (nSPS) is 8.71. The molecule has 2 N–H and O–H groups in total. The average Bonchev–Trinajstić information content (AvgIpc) is 2.16. The van der Waals surface area contributed by atoms with Gasteiger partial charge in [-0.2, -0.15) is 0 Å². The third kappa shape index (κ3) is 2.53. The molecule has 0 heterocycles. The molecule has 1 rings (SSSR count). The smallest absolute Gasteiger partial charge is 0.341 e. The van der Waals surface area contributed by atoms with Gasteiger partial charge in [0.2, 0.25) is 0 Å². The van der Waals surface area contributed by atoms with Gasteiger partial charge >= 0.3 is 5.97 Å². The number of halogens is 1. The van der Waals surface area contributed by atoms with Gasteiger partial charge in [0.15, 0.2) is 0 Å². The standard InChI is InChI=1S/C9H11NO3.ClH/c1-12-8-4-3-6(10)5-7(8)9(11)13-2;/h3-5H,10H2,1-2H3;1H. The van der Waals surface area contributed by atoms with Gasteiger partial charge in [-0.1, -0.05) is 0 Å². The van der Waals surface area contributed by atoms with E-state index in [-0.39, 0.29) is 12.4 Å². The van der Waals surface area contributed by atoms with E-state index in [1.165, 1.54) is 20.3 Å². The van der Waals surface area contributed by atoms with Gasteiger partial charge in [0.25, 0.3) is 0 Å². The Morgan fingerprint density at radius 3 is 2.50 bits per heavy atom. The summed E-state index contributed by atoms with van der Waals surface area (Å²) < 4.78 is 9.53. The van der Waals surface area contributed by atoms with Crippen molar-refractivity contribution in [1.29, 1.82) is 0 Å². The molecule has 78 valence electrons. The number of ether oxygens (including phenoxy) is 2. The van der Waals surface area contributed by atoms with Gasteiger partial charge in [0, 0.05) is 5.69 Å². The molecule has 0 fully saturated rings. The van der Waals surface area contributed by atoms with E-state index in [1.807, 2.05) is 0 Å². The molecule has 0 aliphatic heterocycles. The molecule has 0 amide bonds. The molecule has 0 atom stereocenters. The average molecular weight is 218 g/mol. The molecular weight excluding hydrogens is 206 g/mol. The number of carbonyl (C=O) groups excluding carboxylic acids is 1. The molecule has 0 saturated carbocycles. The maximum Gasteiger partial charge on any atom is 0.341 e. The molecule has 0 spiro atoms. The first-order chi connectivity index (χ1) is 6.19. The zero-order chi connectivity index (χ0) is 9.84. The second-order valence-corrected chi connectivity index (χ2v) is 2.45. The Morgan fingerprint density at radius 2 is 2.00 bits per heavy atom. The molecule has 0 aliphatic rings. The number of nitrogens with two attached hydrogens (primary N) is 1. The highest BCUT2D eigenvalue weighted by atomic mass is 35.5. The Balaban J connectivity index is 0.00000169. The van der Waals surface area contributed by atoms with Crippen LogP contribution in [0.1, 0.15) is 10.4 Å². The van der Waals surface area contributed by atoms with Crippen LogP contribution in [0.25, 0.3) is 0 Å². The van der Waals surface area contributed by atoms with Crippen LogP contribution in [-0.4, -0.2) is 20.2 Å². The first-order valence-electron chi connectivity index (χ1n) is 3.71. The maximum absolute atomic E-state index is 11.2. The third-order valence-corrected chi connectivity index (χ3v) is 1.63. The monoisotopic (exact) mass is 217 g/mol. The summed E-state index contributed by atoms with van der Waals surface area (Å²) in [7, 11) is 2.79. The second kappa shape index (κ2) is 5.34. The zero-order valence-electron chi connectivity index (χ0n) is 7.94. The van der Waals surface area contributed by atoms with Gasteiger partial charge in [-0.15, -0.1) is 12.4 Å². The van der Waals surface area contributed by atoms with E-state index in [0.717, 1.165) is 0 Å². The highest BCUT2D eigenvalue weighted by Crippen LogP contribution is 2.21. The quantitative estimate of drug-likeness (QED) is 0.602. The van der Waals surface area contributed by atoms with E-state index in [4.69, 9.17) is 10.5 Å². The topological polar surface area (TPSA) is 61.5 Å². The van der Waals surface area contributed by atoms with Crippen LogP contribution in [0, 0.1) is 0 Å². The Morgan fingerprint density at radius 1 is 1.36 bits per heavy atom. The number of rotatable bonds is 2. The summed E-state index contributed by atoms with van der Waals surface area (Å²) >= 11 is 0. The molecule has 0 bridgehead atoms. The lowest BCUT2D eigenvalue weighted by atomic mass is 10.2. The van der Waals surface area contributed by atoms with Crippen molar-refractivity contribution in [3.8, 4) is 5.75 Å². The Labute approximate surface area is 88.4 Å². The number of hydrogen-bond acceptors (Lipinski definition) is 4. The van der Waals surface area contributed by atoms with Crippen molar-refractivity contribution in [2.75, 3.05) is 20.0 Å². The van der Waals surface area contributed by atoms with Gasteiger partial charge in [0.1, 0.15) is 11.3 Å². The van der Waals surface area contributed by atoms with Crippen molar-refractivity contribution < 1.29 is 14.3 Å². The minimum Gasteiger partial charge on any atom is -0.496 e. The predicted molar refractivity (Wildman–Crippen MR) is 56.0 cm³/mol. The Kier molecular flexibility index (Phi) is 4.80. The molecule has 0 saturated heterocycles. The van der Waals surface area contributed by atoms with Crippen molar-refractivity contribution in [3.63, 3.8) is 0 Å². The number of benzene rings is 1. The van der Waals surface area contributed by atoms with Crippen molar-refractivity contribution in [3.05, 3.63) is 23.8 Å². The van der Waals surface area contributed by atoms with Crippen LogP contribution >= 0.6 is 12.4 Å². The highest BCUT2D eigenvalue weighted by Gasteiger charge is 2.12. The van der Waals surface area contributed by atoms with Crippen LogP contribution < -0.4 is 10.5 Å². The first-order valence-corrected chi connectivity index (χ1v) is 3.71. The fourth-order valence-corrected chi connectivity index (χ4v) is 0.995. The highest BCUT2D eigenvalue weighted by molar-refractivity contribution is 5.93. The van der Waals surface area contributed by atoms with E-state index in [2.05, 4.69) is 4.74 Å². The van der Waals surface area contributed by atoms with Gasteiger partial charge in [0.05, 0.1) is 14.2 Å². The fourth-order valence-electron chi connectivity index (χ4n) is 0.995. The molecule has 1 aromatic carbocycles. The summed E-state index contributed by atoms with van der Waals surface area (Å²) in [5, 5.41) is 0. The molecule has 14 heavy (non-hydrogen) atoms. The number of methoxy groups -OCH3 is 2. The van der Waals surface area contributed by atoms with E-state index in [9.17, 15) is 4.79 Å². The minimum absolute atomic E-state index is 0. The van der Waals surface area contributed by atoms with Gasteiger partial charge < -0.3 is 15.2 Å². The molecule has 1 aromatic rings. The fraction of sp³-hybridized carbons (Fsp3) is 0.222. The predicted octanol–water partition coefficient (Wildman–Crippen LogP) is 1.49. The van der Waals surface area contributed by atoms with Crippen LogP contribution in [0.2, 0.25) is 0 Å². The third-order valence-electron chi connectivity index (χ3n) is 1.63. The summed E-state index contributed by atoms with van der Waals surface area (Å²) in [5.41, 5.74) is 6.35. The lowest BCUT2D eigenvalue weighted by molar-refractivity contribution is 0.0597. The van der Waals surface area contributed by atoms with Crippen LogP contribution in [-0.2, 0) is 4.74 Å². The summed E-state index contributed by atoms with van der Waals surface area (Å²) in [6.45, 7) is 0. The van der Waals surface area contributed by atoms with Crippen LogP contribution in [0.15, 0.2) is 18.2 Å². The van der Waals surface area contributed by atoms with Crippen molar-refractivity contribution in [1.82, 2.24) is 0 Å². The van der Waals surface area contributed by atoms with E-state index >= 15 is 0 Å². The van der Waals surface area contributed by atoms with Crippen LogP contribution in [0.3, 0.4) is 0 Å². The molecule has 5 heteroatoms. The summed E-state index contributed by atoms with van der Waals surface area (Å²) in [6.07, 6.45) is 0. The zero-order valence-corrected chi connectivity index (χ0v) is 8.76. The number of anilines is 1. The largest absolute Gasteiger partial charge is 0.496 e. The molecule has 0 radical (unpaired) electrons. The van der Waals surface area contributed by atoms with E-state index in [0.29, 0.717) is 17.0 Å².